The summed E-state index contributed by atoms with van der Waals surface area (Å²) in [5, 5.41) is 0. The molecule has 108 valence electrons. The SMILES string of the molecule is CC(C)(C)c1ccc([C@H](N)C2CCCCC2)cc1.Cl. The van der Waals surface area contributed by atoms with E-state index in [4.69, 9.17) is 5.73 Å². The minimum absolute atomic E-state index is 0. The molecule has 1 nitrogen and oxygen atoms in total. The predicted molar refractivity (Wildman–Crippen MR) is 85.9 cm³/mol. The van der Waals surface area contributed by atoms with Crippen molar-refractivity contribution in [2.24, 2.45) is 11.7 Å². The van der Waals surface area contributed by atoms with Gasteiger partial charge < -0.3 is 5.73 Å². The van der Waals surface area contributed by atoms with Crippen LogP contribution >= 0.6 is 12.4 Å². The third-order valence-corrected chi connectivity index (χ3v) is 4.32. The van der Waals surface area contributed by atoms with E-state index in [1.165, 1.54) is 43.2 Å². The second-order valence-electron chi connectivity index (χ2n) is 6.80. The van der Waals surface area contributed by atoms with E-state index in [0.29, 0.717) is 5.92 Å². The molecule has 0 unspecified atom stereocenters. The average molecular weight is 282 g/mol. The largest absolute Gasteiger partial charge is 0.324 e. The summed E-state index contributed by atoms with van der Waals surface area (Å²) in [6.07, 6.45) is 6.73. The normalized spacial score (nSPS) is 18.7. The van der Waals surface area contributed by atoms with E-state index in [2.05, 4.69) is 45.0 Å². The van der Waals surface area contributed by atoms with Crippen LogP contribution in [0.15, 0.2) is 24.3 Å². The maximum Gasteiger partial charge on any atom is 0.0323 e. The predicted octanol–water partition coefficient (Wildman–Crippen LogP) is 4.99. The van der Waals surface area contributed by atoms with Gasteiger partial charge in [0, 0.05) is 6.04 Å². The summed E-state index contributed by atoms with van der Waals surface area (Å²) in [6.45, 7) is 6.76. The van der Waals surface area contributed by atoms with Crippen molar-refractivity contribution in [1.29, 1.82) is 0 Å². The smallest absolute Gasteiger partial charge is 0.0323 e. The third-order valence-electron chi connectivity index (χ3n) is 4.32. The lowest BCUT2D eigenvalue weighted by atomic mass is 9.80. The molecular weight excluding hydrogens is 254 g/mol. The summed E-state index contributed by atoms with van der Waals surface area (Å²) in [6, 6.07) is 9.20. The molecule has 2 heteroatoms. The van der Waals surface area contributed by atoms with Crippen molar-refractivity contribution in [1.82, 2.24) is 0 Å². The second-order valence-corrected chi connectivity index (χ2v) is 6.80. The van der Waals surface area contributed by atoms with Crippen LogP contribution in [0.2, 0.25) is 0 Å². The standard InChI is InChI=1S/C17H27N.ClH/c1-17(2,3)15-11-9-14(10-12-15)16(18)13-7-5-4-6-8-13;/h9-13,16H,4-8,18H2,1-3H3;1H/t16-;/m1./s1. The van der Waals surface area contributed by atoms with E-state index in [-0.39, 0.29) is 23.9 Å². The zero-order chi connectivity index (χ0) is 13.2. The van der Waals surface area contributed by atoms with Gasteiger partial charge in [-0.2, -0.15) is 0 Å². The number of hydrogen-bond donors (Lipinski definition) is 1. The highest BCUT2D eigenvalue weighted by molar-refractivity contribution is 5.85. The van der Waals surface area contributed by atoms with E-state index >= 15 is 0 Å². The molecule has 0 heterocycles. The summed E-state index contributed by atoms with van der Waals surface area (Å²) in [4.78, 5) is 0. The fourth-order valence-electron chi connectivity index (χ4n) is 2.97. The van der Waals surface area contributed by atoms with Gasteiger partial charge in [0.2, 0.25) is 0 Å². The third kappa shape index (κ3) is 4.22. The molecule has 0 amide bonds. The molecule has 2 rings (SSSR count). The fourth-order valence-corrected chi connectivity index (χ4v) is 2.97. The number of nitrogens with two attached hydrogens (primary N) is 1. The number of halogens is 1. The van der Waals surface area contributed by atoms with Crippen LogP contribution in [0.25, 0.3) is 0 Å². The van der Waals surface area contributed by atoms with Crippen LogP contribution in [0.3, 0.4) is 0 Å². The summed E-state index contributed by atoms with van der Waals surface area (Å²) in [7, 11) is 0. The van der Waals surface area contributed by atoms with E-state index in [0.717, 1.165) is 0 Å². The number of rotatable bonds is 2. The van der Waals surface area contributed by atoms with Crippen molar-refractivity contribution in [3.05, 3.63) is 35.4 Å². The van der Waals surface area contributed by atoms with Crippen molar-refractivity contribution < 1.29 is 0 Å². The van der Waals surface area contributed by atoms with Gasteiger partial charge in [-0.15, -0.1) is 12.4 Å². The Morgan fingerprint density at radius 1 is 1.00 bits per heavy atom. The lowest BCUT2D eigenvalue weighted by Crippen LogP contribution is -2.23. The lowest BCUT2D eigenvalue weighted by molar-refractivity contribution is 0.308. The van der Waals surface area contributed by atoms with E-state index < -0.39 is 0 Å². The van der Waals surface area contributed by atoms with E-state index in [9.17, 15) is 0 Å². The van der Waals surface area contributed by atoms with E-state index in [1.807, 2.05) is 0 Å². The molecular formula is C17H28ClN. The summed E-state index contributed by atoms with van der Waals surface area (Å²) in [5.74, 6) is 0.694. The van der Waals surface area contributed by atoms with E-state index in [1.54, 1.807) is 0 Å². The first-order valence-electron chi connectivity index (χ1n) is 7.34. The van der Waals surface area contributed by atoms with Gasteiger partial charge >= 0.3 is 0 Å². The Morgan fingerprint density at radius 3 is 2.00 bits per heavy atom. The molecule has 0 spiro atoms. The maximum absolute atomic E-state index is 6.43. The van der Waals surface area contributed by atoms with Crippen molar-refractivity contribution in [2.75, 3.05) is 0 Å². The average Bonchev–Trinajstić information content (AvgIpc) is 2.38. The molecule has 1 aliphatic carbocycles. The Morgan fingerprint density at radius 2 is 1.53 bits per heavy atom. The Balaban J connectivity index is 0.00000180. The molecule has 19 heavy (non-hydrogen) atoms. The van der Waals surface area contributed by atoms with Gasteiger partial charge in [0.05, 0.1) is 0 Å². The molecule has 1 aromatic carbocycles. The molecule has 0 aromatic heterocycles. The molecule has 0 saturated heterocycles. The van der Waals surface area contributed by atoms with Gasteiger partial charge in [-0.3, -0.25) is 0 Å². The lowest BCUT2D eigenvalue weighted by Gasteiger charge is -2.28. The first-order chi connectivity index (χ1) is 8.48. The molecule has 1 aromatic rings. The van der Waals surface area contributed by atoms with Crippen LogP contribution in [-0.2, 0) is 5.41 Å². The number of hydrogen-bond acceptors (Lipinski definition) is 1. The van der Waals surface area contributed by atoms with Gasteiger partial charge in [-0.05, 0) is 35.3 Å². The van der Waals surface area contributed by atoms with Gasteiger partial charge in [-0.1, -0.05) is 64.3 Å². The summed E-state index contributed by atoms with van der Waals surface area (Å²) in [5.41, 5.74) is 9.36. The highest BCUT2D eigenvalue weighted by Crippen LogP contribution is 2.33. The molecule has 0 bridgehead atoms. The highest BCUT2D eigenvalue weighted by atomic mass is 35.5. The Bertz CT molecular complexity index is 371. The van der Waals surface area contributed by atoms with Gasteiger partial charge in [0.25, 0.3) is 0 Å². The van der Waals surface area contributed by atoms with Crippen LogP contribution in [0, 0.1) is 5.92 Å². The Kier molecular flexibility index (Phi) is 5.88. The van der Waals surface area contributed by atoms with Crippen molar-refractivity contribution in [3.63, 3.8) is 0 Å². The monoisotopic (exact) mass is 281 g/mol. The van der Waals surface area contributed by atoms with Gasteiger partial charge in [0.1, 0.15) is 0 Å². The highest BCUT2D eigenvalue weighted by Gasteiger charge is 2.22. The van der Waals surface area contributed by atoms with Gasteiger partial charge in [0.15, 0.2) is 0 Å². The maximum atomic E-state index is 6.43. The Hall–Kier alpha value is -0.530. The molecule has 0 radical (unpaired) electrons. The molecule has 1 fully saturated rings. The van der Waals surface area contributed by atoms with Crippen molar-refractivity contribution >= 4 is 12.4 Å². The first-order valence-corrected chi connectivity index (χ1v) is 7.34. The van der Waals surface area contributed by atoms with Crippen molar-refractivity contribution in [3.8, 4) is 0 Å². The van der Waals surface area contributed by atoms with Crippen LogP contribution in [0.4, 0.5) is 0 Å². The number of benzene rings is 1. The second kappa shape index (κ2) is 6.76. The molecule has 1 saturated carbocycles. The summed E-state index contributed by atoms with van der Waals surface area (Å²) >= 11 is 0. The van der Waals surface area contributed by atoms with Crippen LogP contribution in [-0.4, -0.2) is 0 Å². The minimum Gasteiger partial charge on any atom is -0.324 e. The topological polar surface area (TPSA) is 26.0 Å². The zero-order valence-corrected chi connectivity index (χ0v) is 13.3. The minimum atomic E-state index is 0. The molecule has 0 aliphatic heterocycles. The van der Waals surface area contributed by atoms with Crippen LogP contribution in [0.5, 0.6) is 0 Å². The van der Waals surface area contributed by atoms with Gasteiger partial charge in [-0.25, -0.2) is 0 Å². The fraction of sp³-hybridized carbons (Fsp3) is 0.647. The van der Waals surface area contributed by atoms with Crippen LogP contribution < -0.4 is 5.73 Å². The Labute approximate surface area is 124 Å². The zero-order valence-electron chi connectivity index (χ0n) is 12.5. The van der Waals surface area contributed by atoms with Crippen molar-refractivity contribution in [2.45, 2.75) is 64.3 Å². The van der Waals surface area contributed by atoms with Crippen LogP contribution in [0.1, 0.15) is 70.0 Å². The first kappa shape index (κ1) is 16.5. The molecule has 1 atom stereocenters. The summed E-state index contributed by atoms with van der Waals surface area (Å²) < 4.78 is 0. The quantitative estimate of drug-likeness (QED) is 0.812. The molecule has 1 aliphatic rings. The molecule has 2 N–H and O–H groups in total.